The first kappa shape index (κ1) is 12.2. The Labute approximate surface area is 113 Å². The average molecular weight is 254 g/mol. The van der Waals surface area contributed by atoms with E-state index in [9.17, 15) is 10.1 Å². The maximum absolute atomic E-state index is 12.4. The van der Waals surface area contributed by atoms with E-state index in [-0.39, 0.29) is 11.9 Å². The van der Waals surface area contributed by atoms with Crippen LogP contribution in [0, 0.1) is 22.7 Å². The van der Waals surface area contributed by atoms with Gasteiger partial charge in [0.05, 0.1) is 12.1 Å². The first-order valence-electron chi connectivity index (χ1n) is 6.95. The van der Waals surface area contributed by atoms with Crippen LogP contribution in [0.25, 0.3) is 0 Å². The van der Waals surface area contributed by atoms with Crippen molar-refractivity contribution in [3.05, 3.63) is 35.4 Å². The van der Waals surface area contributed by atoms with Crippen LogP contribution in [-0.4, -0.2) is 5.91 Å². The molecule has 0 aliphatic heterocycles. The first-order valence-corrected chi connectivity index (χ1v) is 6.95. The first-order chi connectivity index (χ1) is 9.14. The minimum Gasteiger partial charge on any atom is -0.348 e. The molecule has 2 aliphatic carbocycles. The molecule has 1 aromatic rings. The lowest BCUT2D eigenvalue weighted by Crippen LogP contribution is -2.48. The summed E-state index contributed by atoms with van der Waals surface area (Å²) in [6, 6.07) is 10.6. The van der Waals surface area contributed by atoms with Crippen molar-refractivity contribution in [1.82, 2.24) is 5.32 Å². The largest absolute Gasteiger partial charge is 0.348 e. The fourth-order valence-corrected chi connectivity index (χ4v) is 3.46. The zero-order chi connectivity index (χ0) is 13.5. The van der Waals surface area contributed by atoms with Crippen LogP contribution in [0.1, 0.15) is 43.4 Å². The van der Waals surface area contributed by atoms with Crippen molar-refractivity contribution in [3.8, 4) is 6.07 Å². The van der Waals surface area contributed by atoms with E-state index in [0.29, 0.717) is 18.8 Å². The molecule has 1 N–H and O–H groups in total. The summed E-state index contributed by atoms with van der Waals surface area (Å²) < 4.78 is 0. The Morgan fingerprint density at radius 1 is 1.42 bits per heavy atom. The molecule has 3 nitrogen and oxygen atoms in total. The quantitative estimate of drug-likeness (QED) is 0.882. The number of hydrogen-bond acceptors (Lipinski definition) is 2. The molecule has 0 bridgehead atoms. The molecule has 3 rings (SSSR count). The lowest BCUT2D eigenvalue weighted by molar-refractivity contribution is -0.134. The van der Waals surface area contributed by atoms with Gasteiger partial charge in [0.15, 0.2) is 0 Å². The Hall–Kier alpha value is -1.82. The van der Waals surface area contributed by atoms with Crippen LogP contribution < -0.4 is 5.32 Å². The maximum Gasteiger partial charge on any atom is 0.240 e. The van der Waals surface area contributed by atoms with Gasteiger partial charge in [-0.1, -0.05) is 31.2 Å². The molecule has 2 aliphatic rings. The number of amides is 1. The molecular weight excluding hydrogens is 236 g/mol. The van der Waals surface area contributed by atoms with E-state index in [1.807, 2.05) is 12.1 Å². The number of hydrogen-bond donors (Lipinski definition) is 1. The predicted molar refractivity (Wildman–Crippen MR) is 72.1 cm³/mol. The van der Waals surface area contributed by atoms with E-state index >= 15 is 0 Å². The number of carbonyl (C=O) groups is 1. The monoisotopic (exact) mass is 254 g/mol. The van der Waals surface area contributed by atoms with Gasteiger partial charge in [0.2, 0.25) is 5.91 Å². The van der Waals surface area contributed by atoms with Gasteiger partial charge >= 0.3 is 0 Å². The van der Waals surface area contributed by atoms with E-state index in [4.69, 9.17) is 0 Å². The number of nitrogens with zero attached hydrogens (tertiary/aromatic N) is 1. The van der Waals surface area contributed by atoms with E-state index in [0.717, 1.165) is 12.8 Å². The lowest BCUT2D eigenvalue weighted by atomic mass is 9.63. The molecule has 1 unspecified atom stereocenters. The Bertz CT molecular complexity index is 552. The smallest absolute Gasteiger partial charge is 0.240 e. The zero-order valence-electron chi connectivity index (χ0n) is 11.1. The van der Waals surface area contributed by atoms with Crippen molar-refractivity contribution in [2.75, 3.05) is 0 Å². The normalized spacial score (nSPS) is 32.0. The Morgan fingerprint density at radius 2 is 2.16 bits per heavy atom. The molecular formula is C16H18N2O. The molecule has 3 heteroatoms. The highest BCUT2D eigenvalue weighted by molar-refractivity contribution is 5.87. The van der Waals surface area contributed by atoms with Gasteiger partial charge < -0.3 is 5.32 Å². The maximum atomic E-state index is 12.4. The second kappa shape index (κ2) is 4.38. The molecule has 98 valence electrons. The topological polar surface area (TPSA) is 52.9 Å². The van der Waals surface area contributed by atoms with Gasteiger partial charge in [0.1, 0.15) is 5.41 Å². The minimum atomic E-state index is -0.767. The summed E-state index contributed by atoms with van der Waals surface area (Å²) in [5.41, 5.74) is 1.77. The predicted octanol–water partition coefficient (Wildman–Crippen LogP) is 2.73. The molecule has 0 saturated heterocycles. The van der Waals surface area contributed by atoms with Crippen molar-refractivity contribution >= 4 is 5.91 Å². The van der Waals surface area contributed by atoms with Gasteiger partial charge in [-0.15, -0.1) is 0 Å². The SMILES string of the molecule is CC1CC(C#N)(C(=O)NC2CCc3ccccc32)C1. The summed E-state index contributed by atoms with van der Waals surface area (Å²) in [4.78, 5) is 12.4. The minimum absolute atomic E-state index is 0.0743. The number of carbonyl (C=O) groups excluding carboxylic acids is 1. The highest BCUT2D eigenvalue weighted by Crippen LogP contribution is 2.45. The molecule has 1 saturated carbocycles. The van der Waals surface area contributed by atoms with Gasteiger partial charge in [0, 0.05) is 0 Å². The van der Waals surface area contributed by atoms with Gasteiger partial charge in [-0.05, 0) is 42.7 Å². The zero-order valence-corrected chi connectivity index (χ0v) is 11.1. The van der Waals surface area contributed by atoms with Crippen LogP contribution in [-0.2, 0) is 11.2 Å². The van der Waals surface area contributed by atoms with Crippen LogP contribution in [0.5, 0.6) is 0 Å². The number of rotatable bonds is 2. The van der Waals surface area contributed by atoms with Gasteiger partial charge in [-0.3, -0.25) is 4.79 Å². The highest BCUT2D eigenvalue weighted by Gasteiger charge is 2.49. The summed E-state index contributed by atoms with van der Waals surface area (Å²) in [6.45, 7) is 2.09. The summed E-state index contributed by atoms with van der Waals surface area (Å²) >= 11 is 0. The molecule has 0 spiro atoms. The Kier molecular flexibility index (Phi) is 2.82. The average Bonchev–Trinajstić information content (AvgIpc) is 2.78. The van der Waals surface area contributed by atoms with E-state index in [1.165, 1.54) is 11.1 Å². The summed E-state index contributed by atoms with van der Waals surface area (Å²) in [5, 5.41) is 12.4. The van der Waals surface area contributed by atoms with E-state index < -0.39 is 5.41 Å². The van der Waals surface area contributed by atoms with Gasteiger partial charge in [0.25, 0.3) is 0 Å². The van der Waals surface area contributed by atoms with Crippen molar-refractivity contribution in [3.63, 3.8) is 0 Å². The summed E-state index contributed by atoms with van der Waals surface area (Å²) in [5.74, 6) is 0.413. The van der Waals surface area contributed by atoms with Crippen LogP contribution >= 0.6 is 0 Å². The van der Waals surface area contributed by atoms with Crippen molar-refractivity contribution in [1.29, 1.82) is 5.26 Å². The third kappa shape index (κ3) is 1.92. The van der Waals surface area contributed by atoms with Gasteiger partial charge in [-0.2, -0.15) is 5.26 Å². The number of benzene rings is 1. The van der Waals surface area contributed by atoms with Crippen molar-refractivity contribution in [2.45, 2.75) is 38.6 Å². The Balaban J connectivity index is 1.74. The van der Waals surface area contributed by atoms with E-state index in [2.05, 4.69) is 30.4 Å². The molecule has 1 fully saturated rings. The molecule has 1 atom stereocenters. The molecule has 0 aromatic heterocycles. The number of nitrogens with one attached hydrogen (secondary N) is 1. The molecule has 0 radical (unpaired) electrons. The van der Waals surface area contributed by atoms with Crippen LogP contribution in [0.4, 0.5) is 0 Å². The third-order valence-corrected chi connectivity index (χ3v) is 4.48. The van der Waals surface area contributed by atoms with Crippen molar-refractivity contribution in [2.24, 2.45) is 11.3 Å². The van der Waals surface area contributed by atoms with Crippen LogP contribution in [0.3, 0.4) is 0 Å². The third-order valence-electron chi connectivity index (χ3n) is 4.48. The summed E-state index contributed by atoms with van der Waals surface area (Å²) in [6.07, 6.45) is 3.35. The van der Waals surface area contributed by atoms with Gasteiger partial charge in [-0.25, -0.2) is 0 Å². The molecule has 1 amide bonds. The second-order valence-electron chi connectivity index (χ2n) is 5.97. The van der Waals surface area contributed by atoms with Crippen LogP contribution in [0.2, 0.25) is 0 Å². The number of aryl methyl sites for hydroxylation is 1. The van der Waals surface area contributed by atoms with Crippen LogP contribution in [0.15, 0.2) is 24.3 Å². The fourth-order valence-electron chi connectivity index (χ4n) is 3.46. The fraction of sp³-hybridized carbons (Fsp3) is 0.500. The molecule has 1 aromatic carbocycles. The number of fused-ring (bicyclic) bond motifs is 1. The van der Waals surface area contributed by atoms with Crippen molar-refractivity contribution < 1.29 is 4.79 Å². The second-order valence-corrected chi connectivity index (χ2v) is 5.97. The lowest BCUT2D eigenvalue weighted by Gasteiger charge is -2.39. The number of nitriles is 1. The highest BCUT2D eigenvalue weighted by atomic mass is 16.2. The van der Waals surface area contributed by atoms with E-state index in [1.54, 1.807) is 0 Å². The Morgan fingerprint density at radius 3 is 2.84 bits per heavy atom. The summed E-state index contributed by atoms with van der Waals surface area (Å²) in [7, 11) is 0. The molecule has 19 heavy (non-hydrogen) atoms. The standard InChI is InChI=1S/C16H18N2O/c1-11-8-16(9-11,10-17)15(19)18-14-7-6-12-4-2-3-5-13(12)14/h2-5,11,14H,6-9H2,1H3,(H,18,19). The molecule has 0 heterocycles.